The standard InChI is InChI=1S/C27H25FN6OS.CH3NO/c1-16-20(18-5-4-17-8-11-36-24(17)12-18)6-7-21(28)26(16)22-14-23(27(35)33(3)30-22)29-25-13-19-15-32(2)9-10-34(19)31-25;2-1-3/h4-8,11-14H,9-10,15H2,1-3H3,(H,29,31);1H,(H2,2,3). The van der Waals surface area contributed by atoms with E-state index >= 15 is 4.39 Å². The predicted octanol–water partition coefficient (Wildman–Crippen LogP) is 4.26. The highest BCUT2D eigenvalue weighted by Crippen LogP contribution is 2.35. The number of hydrogen-bond acceptors (Lipinski definition) is 7. The van der Waals surface area contributed by atoms with E-state index in [9.17, 15) is 4.79 Å². The molecule has 9 nitrogen and oxygen atoms in total. The van der Waals surface area contributed by atoms with Crippen molar-refractivity contribution in [1.29, 1.82) is 0 Å². The number of anilines is 2. The number of amides is 1. The fraction of sp³-hybridized carbons (Fsp3) is 0.214. The summed E-state index contributed by atoms with van der Waals surface area (Å²) in [6, 6.07) is 15.2. The van der Waals surface area contributed by atoms with Gasteiger partial charge in [-0.1, -0.05) is 18.2 Å². The van der Waals surface area contributed by atoms with E-state index in [4.69, 9.17) is 4.79 Å². The fourth-order valence-corrected chi connectivity index (χ4v) is 5.67. The number of fused-ring (bicyclic) bond motifs is 2. The Labute approximate surface area is 228 Å². The molecule has 39 heavy (non-hydrogen) atoms. The Morgan fingerprint density at radius 3 is 2.67 bits per heavy atom. The van der Waals surface area contributed by atoms with Gasteiger partial charge in [0, 0.05) is 36.5 Å². The third-order valence-corrected chi connectivity index (χ3v) is 7.63. The molecule has 0 saturated heterocycles. The van der Waals surface area contributed by atoms with Crippen LogP contribution in [0.5, 0.6) is 0 Å². The Hall–Kier alpha value is -4.35. The molecule has 5 aromatic rings. The number of aromatic nitrogens is 4. The molecule has 2 aromatic carbocycles. The van der Waals surface area contributed by atoms with Crippen LogP contribution in [0.1, 0.15) is 11.3 Å². The molecule has 200 valence electrons. The van der Waals surface area contributed by atoms with Crippen LogP contribution in [0.4, 0.5) is 15.9 Å². The topological polar surface area (TPSA) is 111 Å². The van der Waals surface area contributed by atoms with Gasteiger partial charge in [0.2, 0.25) is 6.41 Å². The first kappa shape index (κ1) is 26.3. The lowest BCUT2D eigenvalue weighted by Crippen LogP contribution is -2.30. The second-order valence-electron chi connectivity index (χ2n) is 9.38. The number of likely N-dealkylation sites (N-methyl/N-ethyl adjacent to an activating group) is 1. The highest BCUT2D eigenvalue weighted by atomic mass is 32.1. The van der Waals surface area contributed by atoms with Crippen LogP contribution in [0.3, 0.4) is 0 Å². The zero-order valence-corrected chi connectivity index (χ0v) is 22.6. The number of thiophene rings is 1. The van der Waals surface area contributed by atoms with Gasteiger partial charge in [-0.2, -0.15) is 10.2 Å². The Morgan fingerprint density at radius 1 is 1.08 bits per heavy atom. The van der Waals surface area contributed by atoms with E-state index in [0.717, 1.165) is 42.0 Å². The zero-order valence-electron chi connectivity index (χ0n) is 21.8. The largest absolute Gasteiger partial charge is 0.372 e. The molecule has 6 rings (SSSR count). The van der Waals surface area contributed by atoms with E-state index in [-0.39, 0.29) is 17.8 Å². The lowest BCUT2D eigenvalue weighted by molar-refractivity contribution is -0.106. The van der Waals surface area contributed by atoms with Crippen molar-refractivity contribution in [3.63, 3.8) is 0 Å². The van der Waals surface area contributed by atoms with Gasteiger partial charge < -0.3 is 11.1 Å². The van der Waals surface area contributed by atoms with Crippen molar-refractivity contribution in [2.45, 2.75) is 20.0 Å². The van der Waals surface area contributed by atoms with Gasteiger partial charge in [0.05, 0.1) is 17.9 Å². The van der Waals surface area contributed by atoms with E-state index in [1.807, 2.05) is 17.7 Å². The third-order valence-electron chi connectivity index (χ3n) is 6.75. The van der Waals surface area contributed by atoms with Crippen LogP contribution in [0, 0.1) is 12.7 Å². The Balaban J connectivity index is 0.000000983. The molecule has 0 radical (unpaired) electrons. The molecule has 0 spiro atoms. The summed E-state index contributed by atoms with van der Waals surface area (Å²) >= 11 is 1.68. The molecule has 11 heteroatoms. The van der Waals surface area contributed by atoms with E-state index in [1.54, 1.807) is 30.5 Å². The molecule has 1 aliphatic rings. The molecule has 4 heterocycles. The Kier molecular flexibility index (Phi) is 7.27. The molecule has 0 unspecified atom stereocenters. The maximum atomic E-state index is 15.3. The van der Waals surface area contributed by atoms with Crippen molar-refractivity contribution >= 4 is 39.3 Å². The first-order valence-corrected chi connectivity index (χ1v) is 13.2. The van der Waals surface area contributed by atoms with Gasteiger partial charge in [-0.25, -0.2) is 9.07 Å². The normalized spacial score (nSPS) is 13.0. The highest BCUT2D eigenvalue weighted by molar-refractivity contribution is 7.17. The maximum Gasteiger partial charge on any atom is 0.290 e. The minimum atomic E-state index is -0.383. The van der Waals surface area contributed by atoms with Gasteiger partial charge >= 0.3 is 0 Å². The molecule has 0 aliphatic carbocycles. The molecular weight excluding hydrogens is 517 g/mol. The lowest BCUT2D eigenvalue weighted by atomic mass is 9.94. The fourth-order valence-electron chi connectivity index (χ4n) is 4.84. The van der Waals surface area contributed by atoms with Crippen molar-refractivity contribution in [2.75, 3.05) is 18.9 Å². The van der Waals surface area contributed by atoms with Gasteiger partial charge in [-0.15, -0.1) is 11.3 Å². The van der Waals surface area contributed by atoms with E-state index in [0.29, 0.717) is 22.8 Å². The number of rotatable bonds is 4. The summed E-state index contributed by atoms with van der Waals surface area (Å²) in [6.07, 6.45) is 0.250. The second kappa shape index (κ2) is 10.8. The van der Waals surface area contributed by atoms with Gasteiger partial charge in [-0.3, -0.25) is 19.2 Å². The van der Waals surface area contributed by atoms with Crippen LogP contribution in [-0.2, 0) is 24.9 Å². The maximum absolute atomic E-state index is 15.3. The number of halogens is 1. The van der Waals surface area contributed by atoms with Crippen LogP contribution in [0.2, 0.25) is 0 Å². The first-order valence-electron chi connectivity index (χ1n) is 12.3. The van der Waals surface area contributed by atoms with Crippen LogP contribution in [-0.4, -0.2) is 44.5 Å². The molecule has 1 amide bonds. The van der Waals surface area contributed by atoms with Crippen molar-refractivity contribution in [3.8, 4) is 22.4 Å². The van der Waals surface area contributed by atoms with Crippen LogP contribution in [0.25, 0.3) is 32.5 Å². The molecular formula is C28H28FN7O2S. The quantitative estimate of drug-likeness (QED) is 0.327. The van der Waals surface area contributed by atoms with E-state index in [1.165, 1.54) is 20.8 Å². The monoisotopic (exact) mass is 545 g/mol. The Morgan fingerprint density at radius 2 is 1.87 bits per heavy atom. The highest BCUT2D eigenvalue weighted by Gasteiger charge is 2.20. The lowest BCUT2D eigenvalue weighted by Gasteiger charge is -2.22. The first-order chi connectivity index (χ1) is 18.8. The minimum absolute atomic E-state index is 0.250. The predicted molar refractivity (Wildman–Crippen MR) is 153 cm³/mol. The van der Waals surface area contributed by atoms with Crippen molar-refractivity contribution in [1.82, 2.24) is 24.5 Å². The zero-order chi connectivity index (χ0) is 27.7. The average molecular weight is 546 g/mol. The summed E-state index contributed by atoms with van der Waals surface area (Å²) in [4.78, 5) is 23.7. The molecule has 0 fully saturated rings. The number of hydrogen-bond donors (Lipinski definition) is 2. The number of primary amides is 1. The number of nitrogens with one attached hydrogen (secondary N) is 1. The Bertz CT molecular complexity index is 1740. The van der Waals surface area contributed by atoms with Crippen molar-refractivity contribution < 1.29 is 9.18 Å². The van der Waals surface area contributed by atoms with Gasteiger partial charge in [-0.05, 0) is 65.7 Å². The number of carbonyl (C=O) groups is 1. The second-order valence-corrected chi connectivity index (χ2v) is 10.3. The van der Waals surface area contributed by atoms with Crippen LogP contribution >= 0.6 is 11.3 Å². The smallest absolute Gasteiger partial charge is 0.290 e. The summed E-state index contributed by atoms with van der Waals surface area (Å²) in [5.74, 6) is 0.204. The summed E-state index contributed by atoms with van der Waals surface area (Å²) in [7, 11) is 3.64. The SMILES string of the molecule is Cc1c(-c2ccc3ccsc3c2)ccc(F)c1-c1cc(Nc2cc3n(n2)CCN(C)C3)c(=O)n(C)n1.NC=O. The van der Waals surface area contributed by atoms with Crippen molar-refractivity contribution in [3.05, 3.63) is 81.3 Å². The van der Waals surface area contributed by atoms with Gasteiger partial charge in [0.1, 0.15) is 11.5 Å². The number of aryl methyl sites for hydroxylation is 1. The summed E-state index contributed by atoms with van der Waals surface area (Å²) in [6.45, 7) is 4.40. The van der Waals surface area contributed by atoms with Gasteiger partial charge in [0.25, 0.3) is 5.56 Å². The minimum Gasteiger partial charge on any atom is -0.372 e. The summed E-state index contributed by atoms with van der Waals surface area (Å²) < 4.78 is 19.6. The average Bonchev–Trinajstić information content (AvgIpc) is 3.53. The molecule has 0 saturated carbocycles. The number of nitrogens with zero attached hydrogens (tertiary/aromatic N) is 5. The molecule has 0 bridgehead atoms. The van der Waals surface area contributed by atoms with E-state index in [2.05, 4.69) is 62.8 Å². The van der Waals surface area contributed by atoms with Crippen molar-refractivity contribution in [2.24, 2.45) is 12.8 Å². The van der Waals surface area contributed by atoms with Crippen LogP contribution < -0.4 is 16.6 Å². The van der Waals surface area contributed by atoms with Crippen LogP contribution in [0.15, 0.2) is 58.7 Å². The summed E-state index contributed by atoms with van der Waals surface area (Å²) in [5.41, 5.74) is 8.71. The molecule has 3 aromatic heterocycles. The van der Waals surface area contributed by atoms with Gasteiger partial charge in [0.15, 0.2) is 5.82 Å². The molecule has 3 N–H and O–H groups in total. The molecule has 0 atom stereocenters. The third kappa shape index (κ3) is 5.18. The summed E-state index contributed by atoms with van der Waals surface area (Å²) in [5, 5.41) is 15.4. The number of carbonyl (C=O) groups excluding carboxylic acids is 1. The number of nitrogens with two attached hydrogens (primary N) is 1. The number of benzene rings is 2. The van der Waals surface area contributed by atoms with E-state index < -0.39 is 0 Å². The molecule has 1 aliphatic heterocycles.